The lowest BCUT2D eigenvalue weighted by Crippen LogP contribution is -2.45. The maximum atomic E-state index is 13.1. The molecule has 3 rings (SSSR count). The zero-order valence-corrected chi connectivity index (χ0v) is 16.9. The van der Waals surface area contributed by atoms with Crippen LogP contribution in [0.3, 0.4) is 0 Å². The summed E-state index contributed by atoms with van der Waals surface area (Å²) in [6, 6.07) is 7.00. The second-order valence-electron chi connectivity index (χ2n) is 7.22. The molecule has 170 valence electrons. The Hall–Kier alpha value is -3.75. The number of hydrogen-bond acceptors (Lipinski definition) is 6. The Balaban J connectivity index is 1.77. The Morgan fingerprint density at radius 3 is 2.59 bits per heavy atom. The van der Waals surface area contributed by atoms with Gasteiger partial charge >= 0.3 is 6.09 Å². The largest absolute Gasteiger partial charge is 0.441 e. The normalized spacial score (nSPS) is 18.3. The van der Waals surface area contributed by atoms with Crippen LogP contribution >= 0.6 is 0 Å². The van der Waals surface area contributed by atoms with Crippen molar-refractivity contribution in [2.24, 2.45) is 11.7 Å². The van der Waals surface area contributed by atoms with E-state index in [0.29, 0.717) is 5.69 Å². The summed E-state index contributed by atoms with van der Waals surface area (Å²) in [7, 11) is 0. The second-order valence-corrected chi connectivity index (χ2v) is 7.22. The number of nitriles is 1. The van der Waals surface area contributed by atoms with Crippen molar-refractivity contribution < 1.29 is 27.5 Å². The number of hydrogen-bond donors (Lipinski definition) is 2. The van der Waals surface area contributed by atoms with E-state index in [1.807, 2.05) is 0 Å². The summed E-state index contributed by atoms with van der Waals surface area (Å²) in [5.41, 5.74) is 6.00. The number of carbonyl (C=O) groups excluding carboxylic acids is 2. The van der Waals surface area contributed by atoms with Gasteiger partial charge in [0, 0.05) is 25.0 Å². The van der Waals surface area contributed by atoms with Gasteiger partial charge in [0.2, 0.25) is 0 Å². The Morgan fingerprint density at radius 2 is 2.00 bits per heavy atom. The number of aromatic nitrogens is 2. The van der Waals surface area contributed by atoms with Gasteiger partial charge in [0.1, 0.15) is 24.7 Å². The van der Waals surface area contributed by atoms with E-state index in [4.69, 9.17) is 10.5 Å². The molecule has 2 amide bonds. The summed E-state index contributed by atoms with van der Waals surface area (Å²) in [6.45, 7) is -2.18. The van der Waals surface area contributed by atoms with Crippen molar-refractivity contribution in [2.75, 3.05) is 31.8 Å². The number of alkyl halides is 2. The number of amides is 2. The van der Waals surface area contributed by atoms with Gasteiger partial charge in [0.15, 0.2) is 11.9 Å². The molecule has 1 aromatic heterocycles. The van der Waals surface area contributed by atoms with Crippen LogP contribution in [0, 0.1) is 23.1 Å². The number of carbonyl (C=O) groups is 2. The fourth-order valence-corrected chi connectivity index (χ4v) is 3.37. The summed E-state index contributed by atoms with van der Waals surface area (Å²) >= 11 is 0. The van der Waals surface area contributed by atoms with E-state index in [2.05, 4.69) is 16.5 Å². The number of nitrogens with one attached hydrogen (secondary N) is 1. The third-order valence-corrected chi connectivity index (χ3v) is 5.06. The van der Waals surface area contributed by atoms with Crippen LogP contribution in [-0.2, 0) is 4.74 Å². The molecule has 1 aliphatic rings. The fraction of sp³-hybridized carbons (Fsp3) is 0.400. The van der Waals surface area contributed by atoms with E-state index < -0.39 is 49.2 Å². The molecule has 1 fully saturated rings. The highest BCUT2D eigenvalue weighted by Gasteiger charge is 2.35. The molecule has 0 unspecified atom stereocenters. The zero-order chi connectivity index (χ0) is 23.3. The van der Waals surface area contributed by atoms with Gasteiger partial charge in [-0.3, -0.25) is 9.48 Å². The first-order valence-electron chi connectivity index (χ1n) is 9.74. The standard InChI is InChI=1S/C20H21F3N6O3/c21-7-15(8-22)32-20(31)28-6-5-17(12(9-24)10-28)29-11-16(18(25)30)19(27-29)26-14-3-1-13(23)2-4-14/h1-4,11-12,15,17H,5-8,10H2,(H2,25,30)(H,26,27)/t12-,17-/m1/s1. The molecule has 1 aromatic carbocycles. The van der Waals surface area contributed by atoms with Crippen molar-refractivity contribution in [3.8, 4) is 6.07 Å². The van der Waals surface area contributed by atoms with Crippen molar-refractivity contribution >= 4 is 23.5 Å². The minimum absolute atomic E-state index is 0.0439. The molecule has 2 aromatic rings. The molecule has 0 radical (unpaired) electrons. The summed E-state index contributed by atoms with van der Waals surface area (Å²) in [4.78, 5) is 25.2. The number of anilines is 2. The van der Waals surface area contributed by atoms with Crippen LogP contribution in [-0.4, -0.2) is 59.2 Å². The predicted molar refractivity (Wildman–Crippen MR) is 107 cm³/mol. The van der Waals surface area contributed by atoms with Crippen molar-refractivity contribution in [1.29, 1.82) is 5.26 Å². The van der Waals surface area contributed by atoms with Gasteiger partial charge in [-0.05, 0) is 30.7 Å². The molecular formula is C20H21F3N6O3. The SMILES string of the molecule is N#C[C@@H]1CN(C(=O)OC(CF)CF)CC[C@H]1n1cc(C(N)=O)c(Nc2ccc(F)cc2)n1. The van der Waals surface area contributed by atoms with Crippen LogP contribution in [0.4, 0.5) is 29.5 Å². The molecular weight excluding hydrogens is 429 g/mol. The number of likely N-dealkylation sites (tertiary alicyclic amines) is 1. The smallest absolute Gasteiger partial charge is 0.410 e. The topological polar surface area (TPSA) is 126 Å². The second kappa shape index (κ2) is 10.0. The molecule has 0 spiro atoms. The fourth-order valence-electron chi connectivity index (χ4n) is 3.37. The third kappa shape index (κ3) is 5.11. The maximum Gasteiger partial charge on any atom is 0.410 e. The number of nitrogens with two attached hydrogens (primary N) is 1. The Labute approximate surface area is 181 Å². The lowest BCUT2D eigenvalue weighted by molar-refractivity contribution is 0.0274. The van der Waals surface area contributed by atoms with Crippen LogP contribution in [0.15, 0.2) is 30.5 Å². The first-order chi connectivity index (χ1) is 15.4. The molecule has 3 N–H and O–H groups in total. The van der Waals surface area contributed by atoms with Crippen LogP contribution in [0.2, 0.25) is 0 Å². The van der Waals surface area contributed by atoms with E-state index in [0.717, 1.165) is 0 Å². The highest BCUT2D eigenvalue weighted by atomic mass is 19.1. The Kier molecular flexibility index (Phi) is 7.19. The molecule has 9 nitrogen and oxygen atoms in total. The van der Waals surface area contributed by atoms with E-state index in [-0.39, 0.29) is 30.9 Å². The molecule has 1 saturated heterocycles. The monoisotopic (exact) mass is 450 g/mol. The molecule has 2 atom stereocenters. The molecule has 1 aliphatic heterocycles. The van der Waals surface area contributed by atoms with E-state index in [1.54, 1.807) is 0 Å². The number of rotatable bonds is 7. The van der Waals surface area contributed by atoms with Gasteiger partial charge < -0.3 is 20.7 Å². The van der Waals surface area contributed by atoms with Gasteiger partial charge in [-0.15, -0.1) is 0 Å². The minimum atomic E-state index is -1.48. The van der Waals surface area contributed by atoms with Gasteiger partial charge in [0.05, 0.1) is 18.0 Å². The summed E-state index contributed by atoms with van der Waals surface area (Å²) in [5, 5.41) is 16.8. The van der Waals surface area contributed by atoms with Gasteiger partial charge in [-0.25, -0.2) is 18.0 Å². The van der Waals surface area contributed by atoms with Gasteiger partial charge in [0.25, 0.3) is 5.91 Å². The van der Waals surface area contributed by atoms with Crippen LogP contribution in [0.5, 0.6) is 0 Å². The first kappa shape index (κ1) is 22.9. The lowest BCUT2D eigenvalue weighted by Gasteiger charge is -2.35. The zero-order valence-electron chi connectivity index (χ0n) is 16.9. The van der Waals surface area contributed by atoms with Crippen molar-refractivity contribution in [2.45, 2.75) is 18.6 Å². The van der Waals surface area contributed by atoms with Crippen LogP contribution < -0.4 is 11.1 Å². The van der Waals surface area contributed by atoms with E-state index in [1.165, 1.54) is 40.0 Å². The molecule has 0 bridgehead atoms. The molecule has 0 aliphatic carbocycles. The van der Waals surface area contributed by atoms with E-state index in [9.17, 15) is 28.0 Å². The first-order valence-corrected chi connectivity index (χ1v) is 9.74. The number of primary amides is 1. The van der Waals surface area contributed by atoms with Crippen LogP contribution in [0.25, 0.3) is 0 Å². The number of benzene rings is 1. The van der Waals surface area contributed by atoms with Gasteiger partial charge in [-0.2, -0.15) is 10.4 Å². The average molecular weight is 450 g/mol. The highest BCUT2D eigenvalue weighted by molar-refractivity contribution is 5.98. The lowest BCUT2D eigenvalue weighted by atomic mass is 9.94. The number of piperidine rings is 1. The van der Waals surface area contributed by atoms with E-state index >= 15 is 0 Å². The number of ether oxygens (including phenoxy) is 1. The third-order valence-electron chi connectivity index (χ3n) is 5.06. The predicted octanol–water partition coefficient (Wildman–Crippen LogP) is 2.70. The highest BCUT2D eigenvalue weighted by Crippen LogP contribution is 2.30. The van der Waals surface area contributed by atoms with Crippen LogP contribution in [0.1, 0.15) is 22.8 Å². The number of halogens is 3. The van der Waals surface area contributed by atoms with Crippen molar-refractivity contribution in [3.05, 3.63) is 41.8 Å². The Morgan fingerprint density at radius 1 is 1.31 bits per heavy atom. The summed E-state index contributed by atoms with van der Waals surface area (Å²) < 4.78 is 44.6. The van der Waals surface area contributed by atoms with Gasteiger partial charge in [-0.1, -0.05) is 0 Å². The minimum Gasteiger partial charge on any atom is -0.441 e. The van der Waals surface area contributed by atoms with Crippen molar-refractivity contribution in [1.82, 2.24) is 14.7 Å². The summed E-state index contributed by atoms with van der Waals surface area (Å²) in [5.74, 6) is -1.78. The summed E-state index contributed by atoms with van der Waals surface area (Å²) in [6.07, 6.45) is -0.704. The quantitative estimate of drug-likeness (QED) is 0.668. The Bertz CT molecular complexity index is 1000. The van der Waals surface area contributed by atoms with Crippen molar-refractivity contribution in [3.63, 3.8) is 0 Å². The number of nitrogens with zero attached hydrogens (tertiary/aromatic N) is 4. The molecule has 0 saturated carbocycles. The molecule has 32 heavy (non-hydrogen) atoms. The molecule has 2 heterocycles. The maximum absolute atomic E-state index is 13.1. The average Bonchev–Trinajstić information content (AvgIpc) is 3.22. The molecule has 12 heteroatoms.